The summed E-state index contributed by atoms with van der Waals surface area (Å²) in [5.41, 5.74) is 0. The zero-order chi connectivity index (χ0) is 8.69. The van der Waals surface area contributed by atoms with Crippen LogP contribution in [0.4, 0.5) is 0 Å². The van der Waals surface area contributed by atoms with Crippen LogP contribution in [0.1, 0.15) is 12.8 Å². The summed E-state index contributed by atoms with van der Waals surface area (Å²) in [6.07, 6.45) is 1.78. The number of hydrogen-bond donors (Lipinski definition) is 2. The predicted molar refractivity (Wildman–Crippen MR) is 43.8 cm³/mol. The van der Waals surface area contributed by atoms with E-state index in [-0.39, 0.29) is 21.0 Å². The summed E-state index contributed by atoms with van der Waals surface area (Å²) in [7, 11) is 8.68. The molecular formula is C5H9MoNO2S2. The molecule has 1 aliphatic heterocycles. The molecule has 11 heavy (non-hydrogen) atoms. The first-order valence-electron chi connectivity index (χ1n) is 3.10. The predicted octanol–water partition coefficient (Wildman–Crippen LogP) is 1.12. The van der Waals surface area contributed by atoms with Crippen molar-refractivity contribution in [2.45, 2.75) is 18.9 Å². The fraction of sp³-hybridized carbons (Fsp3) is 0.800. The molecule has 0 aromatic rings. The Bertz CT molecular complexity index is 164. The minimum absolute atomic E-state index is 0.269. The third-order valence-electron chi connectivity index (χ3n) is 1.36. The molecule has 0 bridgehead atoms. The summed E-state index contributed by atoms with van der Waals surface area (Å²) in [5, 5.41) is 11.2. The summed E-state index contributed by atoms with van der Waals surface area (Å²) < 4.78 is 0. The zero-order valence-electron chi connectivity index (χ0n) is 5.78. The van der Waals surface area contributed by atoms with E-state index in [4.69, 9.17) is 5.11 Å². The van der Waals surface area contributed by atoms with Gasteiger partial charge in [0.15, 0.2) is 0 Å². The third kappa shape index (κ3) is 5.79. The monoisotopic (exact) mass is 277 g/mol. The van der Waals surface area contributed by atoms with Crippen LogP contribution < -0.4 is 5.32 Å². The van der Waals surface area contributed by atoms with Gasteiger partial charge in [0.2, 0.25) is 0 Å². The van der Waals surface area contributed by atoms with Crippen LogP contribution >= 0.6 is 19.6 Å². The van der Waals surface area contributed by atoms with Gasteiger partial charge in [0.05, 0.1) is 0 Å². The van der Waals surface area contributed by atoms with Crippen LogP contribution in [-0.4, -0.2) is 23.7 Å². The van der Waals surface area contributed by atoms with Crippen molar-refractivity contribution in [1.29, 1.82) is 0 Å². The number of aliphatic carboxylic acids is 1. The van der Waals surface area contributed by atoms with Gasteiger partial charge < -0.3 is 10.4 Å². The Morgan fingerprint density at radius 1 is 1.64 bits per heavy atom. The minimum atomic E-state index is -0.720. The molecule has 0 saturated carbocycles. The second-order valence-electron chi connectivity index (χ2n) is 2.06. The second-order valence-corrected chi connectivity index (χ2v) is 5.61. The summed E-state index contributed by atoms with van der Waals surface area (Å²) >= 11 is -0.363. The van der Waals surface area contributed by atoms with Gasteiger partial charge in [-0.05, 0) is 19.4 Å². The van der Waals surface area contributed by atoms with Gasteiger partial charge in [-0.25, -0.2) is 0 Å². The molecule has 0 aromatic carbocycles. The van der Waals surface area contributed by atoms with Gasteiger partial charge in [0.1, 0.15) is 6.04 Å². The normalized spacial score (nSPS) is 21.6. The third-order valence-corrected chi connectivity index (χ3v) is 1.36. The first-order valence-corrected chi connectivity index (χ1v) is 8.68. The Kier molecular flexibility index (Phi) is 7.59. The molecule has 1 rings (SSSR count). The molecule has 2 N–H and O–H groups in total. The van der Waals surface area contributed by atoms with Crippen molar-refractivity contribution in [3.8, 4) is 0 Å². The molecule has 0 unspecified atom stereocenters. The molecule has 1 atom stereocenters. The number of carboxylic acid groups (broad SMARTS) is 1. The van der Waals surface area contributed by atoms with Gasteiger partial charge in [0, 0.05) is 0 Å². The summed E-state index contributed by atoms with van der Waals surface area (Å²) in [6.45, 7) is 0.858. The van der Waals surface area contributed by atoms with E-state index in [9.17, 15) is 4.79 Å². The van der Waals surface area contributed by atoms with Gasteiger partial charge in [0.25, 0.3) is 0 Å². The molecule has 1 heterocycles. The average molecular weight is 275 g/mol. The Morgan fingerprint density at radius 2 is 2.18 bits per heavy atom. The molecule has 1 aliphatic rings. The second kappa shape index (κ2) is 7.22. The quantitative estimate of drug-likeness (QED) is 0.702. The Labute approximate surface area is 81.0 Å². The van der Waals surface area contributed by atoms with Crippen molar-refractivity contribution >= 4 is 25.6 Å². The van der Waals surface area contributed by atoms with E-state index in [2.05, 4.69) is 25.0 Å². The van der Waals surface area contributed by atoms with E-state index < -0.39 is 5.97 Å². The van der Waals surface area contributed by atoms with E-state index in [1.165, 1.54) is 0 Å². The Balaban J connectivity index is 0.000000292. The van der Waals surface area contributed by atoms with E-state index in [0.717, 1.165) is 19.4 Å². The Hall–Kier alpha value is 0.558. The van der Waals surface area contributed by atoms with Gasteiger partial charge in [-0.3, -0.25) is 4.79 Å². The SMILES string of the molecule is O=C(O)[C@@H]1CCCN1.[S]=[Mo]=[S]. The van der Waals surface area contributed by atoms with Crippen molar-refractivity contribution < 1.29 is 24.8 Å². The maximum atomic E-state index is 10.1. The van der Waals surface area contributed by atoms with Gasteiger partial charge in [-0.15, -0.1) is 0 Å². The van der Waals surface area contributed by atoms with Crippen molar-refractivity contribution in [2.24, 2.45) is 0 Å². The topological polar surface area (TPSA) is 49.3 Å². The molecule has 0 amide bonds. The number of carbonyl (C=O) groups is 1. The van der Waals surface area contributed by atoms with Crippen molar-refractivity contribution in [3.05, 3.63) is 0 Å². The van der Waals surface area contributed by atoms with Crippen molar-refractivity contribution in [2.75, 3.05) is 6.54 Å². The maximum absolute atomic E-state index is 10.1. The first-order chi connectivity index (χ1) is 5.22. The van der Waals surface area contributed by atoms with Gasteiger partial charge >= 0.3 is 40.5 Å². The first kappa shape index (κ1) is 11.6. The van der Waals surface area contributed by atoms with Crippen LogP contribution in [0.5, 0.6) is 0 Å². The fourth-order valence-corrected chi connectivity index (χ4v) is 0.895. The molecule has 0 spiro atoms. The summed E-state index contributed by atoms with van der Waals surface area (Å²) in [6, 6.07) is -0.269. The number of carboxylic acids is 1. The molecule has 0 radical (unpaired) electrons. The molecule has 0 aliphatic carbocycles. The molecular weight excluding hydrogens is 266 g/mol. The van der Waals surface area contributed by atoms with E-state index in [0.29, 0.717) is 0 Å². The number of hydrogen-bond acceptors (Lipinski definition) is 4. The fourth-order valence-electron chi connectivity index (χ4n) is 0.895. The van der Waals surface area contributed by atoms with Crippen LogP contribution in [0.15, 0.2) is 0 Å². The standard InChI is InChI=1S/C5H9NO2.Mo.2S/c7-5(8)4-2-1-3-6-4;;;/h4,6H,1-3H2,(H,7,8);;;/t4-;;;/m0.../s1. The molecule has 0 aromatic heterocycles. The van der Waals surface area contributed by atoms with Crippen LogP contribution in [0, 0.1) is 0 Å². The number of nitrogens with one attached hydrogen (secondary N) is 1. The van der Waals surface area contributed by atoms with Crippen LogP contribution in [0.3, 0.4) is 0 Å². The van der Waals surface area contributed by atoms with E-state index in [1.54, 1.807) is 0 Å². The van der Waals surface area contributed by atoms with Crippen molar-refractivity contribution in [3.63, 3.8) is 0 Å². The molecule has 1 saturated heterocycles. The average Bonchev–Trinajstić information content (AvgIpc) is 2.38. The van der Waals surface area contributed by atoms with Crippen LogP contribution in [0.2, 0.25) is 0 Å². The Morgan fingerprint density at radius 3 is 2.36 bits per heavy atom. The summed E-state index contributed by atoms with van der Waals surface area (Å²) in [5.74, 6) is -0.720. The molecule has 6 heteroatoms. The molecule has 1 fully saturated rings. The van der Waals surface area contributed by atoms with Gasteiger partial charge in [-0.2, -0.15) is 0 Å². The van der Waals surface area contributed by atoms with E-state index in [1.807, 2.05) is 0 Å². The zero-order valence-corrected chi connectivity index (χ0v) is 9.42. The van der Waals surface area contributed by atoms with Crippen LogP contribution in [0.25, 0.3) is 0 Å². The number of rotatable bonds is 1. The molecule has 3 nitrogen and oxygen atoms in total. The van der Waals surface area contributed by atoms with E-state index >= 15 is 0 Å². The van der Waals surface area contributed by atoms with Gasteiger partial charge in [-0.1, -0.05) is 0 Å². The summed E-state index contributed by atoms with van der Waals surface area (Å²) in [4.78, 5) is 10.1. The van der Waals surface area contributed by atoms with Crippen LogP contribution in [-0.2, 0) is 19.7 Å². The van der Waals surface area contributed by atoms with Crippen molar-refractivity contribution in [1.82, 2.24) is 5.32 Å². The molecule has 64 valence electrons.